The molecule has 0 aliphatic heterocycles. The molecule has 5 heteroatoms. The van der Waals surface area contributed by atoms with Crippen LogP contribution in [0.1, 0.15) is 36.5 Å². The highest BCUT2D eigenvalue weighted by Crippen LogP contribution is 2.30. The fraction of sp³-hybridized carbons (Fsp3) is 0.500. The number of methoxy groups -OCH3 is 1. The lowest BCUT2D eigenvalue weighted by Gasteiger charge is -2.20. The molecule has 0 saturated heterocycles. The predicted molar refractivity (Wildman–Crippen MR) is 72.6 cm³/mol. The van der Waals surface area contributed by atoms with Gasteiger partial charge in [-0.1, -0.05) is 13.3 Å². The van der Waals surface area contributed by atoms with E-state index in [0.717, 1.165) is 25.3 Å². The molecular formula is C14H19FN2O2. The summed E-state index contributed by atoms with van der Waals surface area (Å²) in [5, 5.41) is 3.17. The van der Waals surface area contributed by atoms with Crippen molar-refractivity contribution in [1.82, 2.24) is 0 Å². The fourth-order valence-corrected chi connectivity index (χ4v) is 2.55. The van der Waals surface area contributed by atoms with E-state index in [4.69, 9.17) is 5.73 Å². The monoisotopic (exact) mass is 266 g/mol. The molecule has 1 saturated carbocycles. The summed E-state index contributed by atoms with van der Waals surface area (Å²) in [5.74, 6) is -0.497. The van der Waals surface area contributed by atoms with Crippen molar-refractivity contribution >= 4 is 17.3 Å². The first-order chi connectivity index (χ1) is 9.02. The van der Waals surface area contributed by atoms with Crippen LogP contribution in [0, 0.1) is 11.7 Å². The van der Waals surface area contributed by atoms with Gasteiger partial charge in [0.2, 0.25) is 0 Å². The number of esters is 1. The van der Waals surface area contributed by atoms with Gasteiger partial charge < -0.3 is 15.8 Å². The highest BCUT2D eigenvalue weighted by molar-refractivity contribution is 5.96. The first-order valence-electron chi connectivity index (χ1n) is 6.46. The SMILES string of the molecule is COC(=O)c1cc(NC2CCCC2C)c(F)cc1N. The summed E-state index contributed by atoms with van der Waals surface area (Å²) in [4.78, 5) is 11.5. The number of halogens is 1. The van der Waals surface area contributed by atoms with Gasteiger partial charge in [-0.25, -0.2) is 9.18 Å². The largest absolute Gasteiger partial charge is 0.465 e. The first-order valence-corrected chi connectivity index (χ1v) is 6.46. The summed E-state index contributed by atoms with van der Waals surface area (Å²) in [5.41, 5.74) is 6.23. The zero-order chi connectivity index (χ0) is 14.0. The lowest BCUT2D eigenvalue weighted by atomic mass is 10.1. The Bertz CT molecular complexity index is 491. The van der Waals surface area contributed by atoms with E-state index in [1.54, 1.807) is 0 Å². The van der Waals surface area contributed by atoms with Gasteiger partial charge in [-0.05, 0) is 30.9 Å². The number of ether oxygens (including phenoxy) is 1. The molecule has 2 rings (SSSR count). The zero-order valence-electron chi connectivity index (χ0n) is 11.2. The van der Waals surface area contributed by atoms with Crippen LogP contribution in [0.5, 0.6) is 0 Å². The molecule has 0 heterocycles. The first kappa shape index (κ1) is 13.6. The minimum absolute atomic E-state index is 0.0920. The molecule has 0 aromatic heterocycles. The van der Waals surface area contributed by atoms with Crippen molar-refractivity contribution in [1.29, 1.82) is 0 Å². The molecular weight excluding hydrogens is 247 g/mol. The molecule has 1 aromatic carbocycles. The van der Waals surface area contributed by atoms with E-state index in [1.165, 1.54) is 13.2 Å². The van der Waals surface area contributed by atoms with Crippen LogP contribution in [-0.4, -0.2) is 19.1 Å². The third-order valence-corrected chi connectivity index (χ3v) is 3.75. The van der Waals surface area contributed by atoms with Gasteiger partial charge in [0, 0.05) is 11.7 Å². The Morgan fingerprint density at radius 3 is 2.79 bits per heavy atom. The number of nitrogens with one attached hydrogen (secondary N) is 1. The molecule has 104 valence electrons. The second kappa shape index (κ2) is 5.47. The van der Waals surface area contributed by atoms with Crippen molar-refractivity contribution in [2.45, 2.75) is 32.2 Å². The van der Waals surface area contributed by atoms with Gasteiger partial charge in [0.25, 0.3) is 0 Å². The normalized spacial score (nSPS) is 22.3. The smallest absolute Gasteiger partial charge is 0.340 e. The summed E-state index contributed by atoms with van der Waals surface area (Å²) in [6, 6.07) is 2.83. The van der Waals surface area contributed by atoms with Crippen LogP contribution in [0.3, 0.4) is 0 Å². The highest BCUT2D eigenvalue weighted by atomic mass is 19.1. The molecule has 0 amide bonds. The molecule has 1 aliphatic carbocycles. The molecule has 0 radical (unpaired) electrons. The minimum atomic E-state index is -0.556. The maximum atomic E-state index is 13.9. The van der Waals surface area contributed by atoms with Gasteiger partial charge in [0.15, 0.2) is 0 Å². The van der Waals surface area contributed by atoms with E-state index in [0.29, 0.717) is 11.6 Å². The second-order valence-corrected chi connectivity index (χ2v) is 5.07. The number of rotatable bonds is 3. The average Bonchev–Trinajstić information content (AvgIpc) is 2.77. The van der Waals surface area contributed by atoms with Crippen LogP contribution in [-0.2, 0) is 4.74 Å². The number of anilines is 2. The van der Waals surface area contributed by atoms with E-state index < -0.39 is 11.8 Å². The van der Waals surface area contributed by atoms with Crippen LogP contribution in [0.2, 0.25) is 0 Å². The number of nitrogens with two attached hydrogens (primary N) is 1. The molecule has 0 bridgehead atoms. The minimum Gasteiger partial charge on any atom is -0.465 e. The molecule has 1 aromatic rings. The van der Waals surface area contributed by atoms with Crippen molar-refractivity contribution < 1.29 is 13.9 Å². The summed E-state index contributed by atoms with van der Waals surface area (Å²) >= 11 is 0. The highest BCUT2D eigenvalue weighted by Gasteiger charge is 2.24. The Kier molecular flexibility index (Phi) is 3.93. The van der Waals surface area contributed by atoms with Gasteiger partial charge >= 0.3 is 5.97 Å². The van der Waals surface area contributed by atoms with E-state index in [-0.39, 0.29) is 17.3 Å². The molecule has 4 nitrogen and oxygen atoms in total. The number of hydrogen-bond donors (Lipinski definition) is 2. The summed E-state index contributed by atoms with van der Waals surface area (Å²) in [6.45, 7) is 2.14. The fourth-order valence-electron chi connectivity index (χ4n) is 2.55. The second-order valence-electron chi connectivity index (χ2n) is 5.07. The van der Waals surface area contributed by atoms with Crippen molar-refractivity contribution in [2.24, 2.45) is 5.92 Å². The number of carbonyl (C=O) groups is 1. The molecule has 1 aliphatic rings. The summed E-state index contributed by atoms with van der Waals surface area (Å²) in [7, 11) is 1.28. The van der Waals surface area contributed by atoms with Crippen LogP contribution in [0.25, 0.3) is 0 Å². The van der Waals surface area contributed by atoms with Gasteiger partial charge in [0.05, 0.1) is 18.4 Å². The van der Waals surface area contributed by atoms with Crippen LogP contribution in [0.4, 0.5) is 15.8 Å². The molecule has 0 spiro atoms. The molecule has 2 atom stereocenters. The standard InChI is InChI=1S/C14H19FN2O2/c1-8-4-3-5-12(8)17-13-6-9(14(18)19-2)11(16)7-10(13)15/h6-8,12,17H,3-5,16H2,1-2H3. The van der Waals surface area contributed by atoms with Gasteiger partial charge in [-0.2, -0.15) is 0 Å². The third-order valence-electron chi connectivity index (χ3n) is 3.75. The Morgan fingerprint density at radius 2 is 2.21 bits per heavy atom. The summed E-state index contributed by atoms with van der Waals surface area (Å²) in [6.07, 6.45) is 3.29. The third kappa shape index (κ3) is 2.80. The van der Waals surface area contributed by atoms with E-state index in [2.05, 4.69) is 17.0 Å². The van der Waals surface area contributed by atoms with E-state index >= 15 is 0 Å². The van der Waals surface area contributed by atoms with E-state index in [1.807, 2.05) is 0 Å². The average molecular weight is 266 g/mol. The maximum Gasteiger partial charge on any atom is 0.340 e. The predicted octanol–water partition coefficient (Wildman–Crippen LogP) is 2.79. The van der Waals surface area contributed by atoms with Gasteiger partial charge in [-0.15, -0.1) is 0 Å². The van der Waals surface area contributed by atoms with Crippen LogP contribution >= 0.6 is 0 Å². The Hall–Kier alpha value is -1.78. The quantitative estimate of drug-likeness (QED) is 0.652. The molecule has 1 fully saturated rings. The number of carbonyl (C=O) groups excluding carboxylic acids is 1. The topological polar surface area (TPSA) is 64.3 Å². The maximum absolute atomic E-state index is 13.9. The van der Waals surface area contributed by atoms with Crippen LogP contribution in [0.15, 0.2) is 12.1 Å². The number of hydrogen-bond acceptors (Lipinski definition) is 4. The lowest BCUT2D eigenvalue weighted by molar-refractivity contribution is 0.0602. The van der Waals surface area contributed by atoms with Crippen molar-refractivity contribution in [3.63, 3.8) is 0 Å². The lowest BCUT2D eigenvalue weighted by Crippen LogP contribution is -2.23. The Balaban J connectivity index is 2.27. The van der Waals surface area contributed by atoms with Crippen molar-refractivity contribution in [3.05, 3.63) is 23.5 Å². The molecule has 19 heavy (non-hydrogen) atoms. The molecule has 2 unspecified atom stereocenters. The number of nitrogen functional groups attached to an aromatic ring is 1. The summed E-state index contributed by atoms with van der Waals surface area (Å²) < 4.78 is 18.5. The van der Waals surface area contributed by atoms with Crippen molar-refractivity contribution in [3.8, 4) is 0 Å². The van der Waals surface area contributed by atoms with Gasteiger partial charge in [-0.3, -0.25) is 0 Å². The zero-order valence-corrected chi connectivity index (χ0v) is 11.2. The molecule has 3 N–H and O–H groups in total. The Morgan fingerprint density at radius 1 is 1.47 bits per heavy atom. The van der Waals surface area contributed by atoms with Crippen molar-refractivity contribution in [2.75, 3.05) is 18.2 Å². The van der Waals surface area contributed by atoms with Crippen LogP contribution < -0.4 is 11.1 Å². The van der Waals surface area contributed by atoms with Gasteiger partial charge in [0.1, 0.15) is 5.82 Å². The Labute approximate surface area is 112 Å². The number of benzene rings is 1. The van der Waals surface area contributed by atoms with E-state index in [9.17, 15) is 9.18 Å².